The second kappa shape index (κ2) is 18.3. The number of nitrogens with zero attached hydrogens (tertiary/aromatic N) is 9. The van der Waals surface area contributed by atoms with E-state index < -0.39 is 36.5 Å². The second-order valence-electron chi connectivity index (χ2n) is 14.0. The fourth-order valence-corrected chi connectivity index (χ4v) is 7.29. The minimum atomic E-state index is -1.15. The third-order valence-electron chi connectivity index (χ3n) is 9.99. The largest absolute Gasteiger partial charge is 0.455 e. The van der Waals surface area contributed by atoms with Gasteiger partial charge in [0.25, 0.3) is 0 Å². The van der Waals surface area contributed by atoms with Crippen LogP contribution in [0.3, 0.4) is 0 Å². The number of hydrogen-bond donors (Lipinski definition) is 3. The number of fused-ring (bicyclic) bond motifs is 1. The standard InChI is InChI=1S/C39H48N12O6/c1-4-51-47-36(46-48-51)33-32(55-25(2)52)34(56-26(3)53)38(57-33)50-24-43-31-35(41-22-29(27-14-8-5-9-15-27)28-16-10-6-11-17-28)44-30(45-37(31)50)23-42-39(54)40-18-21-49-19-12-7-13-20-49/h5-6,8-11,14-17,24,29,32-34,38H,4,7,12-13,18-23H2,1-3H3,(H2,40,42,54)(H,41,44,45)/t32-,33-,34+,38+/m0/s1. The molecule has 0 saturated carbocycles. The molecule has 300 valence electrons. The van der Waals surface area contributed by atoms with Crippen molar-refractivity contribution < 1.29 is 28.6 Å². The lowest BCUT2D eigenvalue weighted by molar-refractivity contribution is -0.165. The molecule has 5 heterocycles. The zero-order chi connectivity index (χ0) is 39.7. The molecule has 2 amide bonds. The number of rotatable bonds is 15. The Hall–Kier alpha value is -6.01. The average molecular weight is 781 g/mol. The number of urea groups is 1. The summed E-state index contributed by atoms with van der Waals surface area (Å²) in [4.78, 5) is 56.0. The summed E-state index contributed by atoms with van der Waals surface area (Å²) in [5.74, 6) is -0.437. The summed E-state index contributed by atoms with van der Waals surface area (Å²) in [6.07, 6.45) is 0.673. The Morgan fingerprint density at radius 1 is 0.895 bits per heavy atom. The summed E-state index contributed by atoms with van der Waals surface area (Å²) >= 11 is 0. The molecule has 7 rings (SSSR count). The summed E-state index contributed by atoms with van der Waals surface area (Å²) in [5.41, 5.74) is 2.93. The van der Waals surface area contributed by atoms with Crippen molar-refractivity contribution >= 4 is 35.0 Å². The number of benzene rings is 2. The van der Waals surface area contributed by atoms with E-state index in [2.05, 4.69) is 60.5 Å². The number of aromatic nitrogens is 8. The summed E-state index contributed by atoms with van der Waals surface area (Å²) in [6.45, 7) is 8.61. The Bertz CT molecular complexity index is 2080. The van der Waals surface area contributed by atoms with Gasteiger partial charge >= 0.3 is 18.0 Å². The van der Waals surface area contributed by atoms with Crippen molar-refractivity contribution in [2.45, 2.75) is 83.6 Å². The van der Waals surface area contributed by atoms with Gasteiger partial charge in [0, 0.05) is 39.4 Å². The lowest BCUT2D eigenvalue weighted by Crippen LogP contribution is -2.41. The van der Waals surface area contributed by atoms with Crippen LogP contribution in [0.2, 0.25) is 0 Å². The molecule has 18 heteroatoms. The van der Waals surface area contributed by atoms with Gasteiger partial charge in [-0.25, -0.2) is 19.7 Å². The number of amides is 2. The minimum absolute atomic E-state index is 0.00617. The van der Waals surface area contributed by atoms with Crippen LogP contribution in [0.1, 0.15) is 81.1 Å². The number of imidazole rings is 1. The highest BCUT2D eigenvalue weighted by molar-refractivity contribution is 5.83. The molecular weight excluding hydrogens is 733 g/mol. The number of carbonyl (C=O) groups is 3. The third-order valence-corrected chi connectivity index (χ3v) is 9.99. The first-order valence-electron chi connectivity index (χ1n) is 19.4. The smallest absolute Gasteiger partial charge is 0.315 e. The van der Waals surface area contributed by atoms with Crippen LogP contribution in [0.4, 0.5) is 10.6 Å². The van der Waals surface area contributed by atoms with Crippen LogP contribution in [-0.2, 0) is 36.9 Å². The number of hydrogen-bond acceptors (Lipinski definition) is 14. The molecule has 5 aromatic rings. The highest BCUT2D eigenvalue weighted by Gasteiger charge is 2.53. The topological polar surface area (TPSA) is 205 Å². The van der Waals surface area contributed by atoms with Gasteiger partial charge in [0.1, 0.15) is 0 Å². The predicted octanol–water partition coefficient (Wildman–Crippen LogP) is 3.50. The quantitative estimate of drug-likeness (QED) is 0.130. The molecular formula is C39H48N12O6. The number of carbonyl (C=O) groups excluding carboxylic acids is 3. The van der Waals surface area contributed by atoms with Gasteiger partial charge in [0.15, 0.2) is 47.3 Å². The molecule has 0 spiro atoms. The van der Waals surface area contributed by atoms with E-state index in [1.54, 1.807) is 4.57 Å². The van der Waals surface area contributed by atoms with Crippen molar-refractivity contribution in [1.82, 2.24) is 55.3 Å². The van der Waals surface area contributed by atoms with E-state index in [0.29, 0.717) is 36.6 Å². The van der Waals surface area contributed by atoms with Crippen LogP contribution < -0.4 is 16.0 Å². The molecule has 0 unspecified atom stereocenters. The predicted molar refractivity (Wildman–Crippen MR) is 207 cm³/mol. The van der Waals surface area contributed by atoms with Crippen molar-refractivity contribution in [2.24, 2.45) is 0 Å². The van der Waals surface area contributed by atoms with E-state index in [1.807, 2.05) is 43.3 Å². The third kappa shape index (κ3) is 9.52. The van der Waals surface area contributed by atoms with Gasteiger partial charge in [-0.05, 0) is 49.2 Å². The lowest BCUT2D eigenvalue weighted by Gasteiger charge is -2.26. The summed E-state index contributed by atoms with van der Waals surface area (Å²) in [6, 6.07) is 20.0. The first-order valence-corrected chi connectivity index (χ1v) is 19.4. The van der Waals surface area contributed by atoms with Crippen LogP contribution in [0.5, 0.6) is 0 Å². The molecule has 4 atom stereocenters. The average Bonchev–Trinajstić information content (AvgIpc) is 3.96. The molecule has 2 aromatic carbocycles. The van der Waals surface area contributed by atoms with E-state index >= 15 is 0 Å². The fraction of sp³-hybridized carbons (Fsp3) is 0.462. The van der Waals surface area contributed by atoms with E-state index in [0.717, 1.165) is 30.8 Å². The van der Waals surface area contributed by atoms with Gasteiger partial charge in [-0.15, -0.1) is 10.2 Å². The Balaban J connectivity index is 1.22. The van der Waals surface area contributed by atoms with Crippen molar-refractivity contribution in [3.63, 3.8) is 0 Å². The van der Waals surface area contributed by atoms with Gasteiger partial charge in [-0.1, -0.05) is 67.1 Å². The van der Waals surface area contributed by atoms with Crippen molar-refractivity contribution in [3.05, 3.63) is 89.8 Å². The molecule has 2 aliphatic rings. The number of anilines is 1. The molecule has 3 aromatic heterocycles. The fourth-order valence-electron chi connectivity index (χ4n) is 7.29. The first-order chi connectivity index (χ1) is 27.8. The number of likely N-dealkylation sites (tertiary alicyclic amines) is 1. The summed E-state index contributed by atoms with van der Waals surface area (Å²) < 4.78 is 19.6. The summed E-state index contributed by atoms with van der Waals surface area (Å²) in [5, 5.41) is 21.9. The van der Waals surface area contributed by atoms with Crippen LogP contribution in [0, 0.1) is 0 Å². The number of nitrogens with one attached hydrogen (secondary N) is 3. The molecule has 2 aliphatic heterocycles. The Morgan fingerprint density at radius 2 is 1.58 bits per heavy atom. The van der Waals surface area contributed by atoms with Gasteiger partial charge in [0.05, 0.1) is 19.4 Å². The zero-order valence-electron chi connectivity index (χ0n) is 32.3. The number of tetrazole rings is 1. The molecule has 0 bridgehead atoms. The van der Waals surface area contributed by atoms with Crippen molar-refractivity contribution in [2.75, 3.05) is 38.0 Å². The van der Waals surface area contributed by atoms with Gasteiger partial charge in [0.2, 0.25) is 5.82 Å². The maximum absolute atomic E-state index is 13.0. The monoisotopic (exact) mass is 780 g/mol. The molecule has 57 heavy (non-hydrogen) atoms. The van der Waals surface area contributed by atoms with Crippen molar-refractivity contribution in [3.8, 4) is 0 Å². The highest BCUT2D eigenvalue weighted by atomic mass is 16.6. The Kier molecular flexibility index (Phi) is 12.6. The van der Waals surface area contributed by atoms with Crippen LogP contribution >= 0.6 is 0 Å². The number of esters is 2. The maximum atomic E-state index is 13.0. The van der Waals surface area contributed by atoms with Gasteiger partial charge < -0.3 is 35.1 Å². The number of piperidine rings is 1. The molecule has 18 nitrogen and oxygen atoms in total. The van der Waals surface area contributed by atoms with E-state index in [4.69, 9.17) is 29.2 Å². The molecule has 0 radical (unpaired) electrons. The van der Waals surface area contributed by atoms with E-state index in [-0.39, 0.29) is 30.1 Å². The molecule has 2 saturated heterocycles. The van der Waals surface area contributed by atoms with Gasteiger partial charge in [-0.2, -0.15) is 4.80 Å². The molecule has 0 aliphatic carbocycles. The van der Waals surface area contributed by atoms with E-state index in [1.165, 1.54) is 44.2 Å². The Labute approximate surface area is 329 Å². The number of ether oxygens (including phenoxy) is 3. The van der Waals surface area contributed by atoms with E-state index in [9.17, 15) is 14.4 Å². The van der Waals surface area contributed by atoms with Crippen molar-refractivity contribution in [1.29, 1.82) is 0 Å². The molecule has 2 fully saturated rings. The second-order valence-corrected chi connectivity index (χ2v) is 14.0. The Morgan fingerprint density at radius 3 is 2.23 bits per heavy atom. The minimum Gasteiger partial charge on any atom is -0.455 e. The van der Waals surface area contributed by atoms with Gasteiger partial charge in [-0.3, -0.25) is 14.2 Å². The highest BCUT2D eigenvalue weighted by Crippen LogP contribution is 2.42. The zero-order valence-corrected chi connectivity index (χ0v) is 32.3. The maximum Gasteiger partial charge on any atom is 0.315 e. The summed E-state index contributed by atoms with van der Waals surface area (Å²) in [7, 11) is 0. The van der Waals surface area contributed by atoms with Crippen LogP contribution in [0.15, 0.2) is 67.0 Å². The molecule has 3 N–H and O–H groups in total. The van der Waals surface area contributed by atoms with Crippen LogP contribution in [0.25, 0.3) is 11.2 Å². The van der Waals surface area contributed by atoms with Crippen LogP contribution in [-0.4, -0.2) is 108 Å². The first kappa shape index (κ1) is 39.2. The SMILES string of the molecule is CCn1nnc([C@H]2O[C@@H](n3cnc4c(NCC(c5ccccc5)c5ccccc5)nc(CNC(=O)NCCN5CCCCC5)nc43)[C@H](OC(C)=O)[C@H]2OC(C)=O)n1. The normalized spacial score (nSPS) is 19.7. The number of aryl methyl sites for hydroxylation is 1. The lowest BCUT2D eigenvalue weighted by atomic mass is 9.91.